The molecule has 1 N–H and O–H groups in total. The summed E-state index contributed by atoms with van der Waals surface area (Å²) in [6.07, 6.45) is 1.42. The zero-order valence-electron chi connectivity index (χ0n) is 9.47. The molecule has 0 fully saturated rings. The van der Waals surface area contributed by atoms with E-state index in [1.54, 1.807) is 0 Å². The van der Waals surface area contributed by atoms with E-state index < -0.39 is 0 Å². The highest BCUT2D eigenvalue weighted by Crippen LogP contribution is 2.17. The third kappa shape index (κ3) is 2.13. The predicted octanol–water partition coefficient (Wildman–Crippen LogP) is 3.51. The van der Waals surface area contributed by atoms with Crippen molar-refractivity contribution in [1.82, 2.24) is 9.97 Å². The number of nitrogens with zero attached hydrogens (tertiary/aromatic N) is 2. The first-order valence-electron chi connectivity index (χ1n) is 5.56. The van der Waals surface area contributed by atoms with Crippen molar-refractivity contribution in [1.29, 1.82) is 0 Å². The quantitative estimate of drug-likeness (QED) is 0.743. The van der Waals surface area contributed by atoms with Crippen molar-refractivity contribution in [2.24, 2.45) is 0 Å². The maximum Gasteiger partial charge on any atom is 0.134 e. The van der Waals surface area contributed by atoms with Gasteiger partial charge in [0.05, 0.1) is 5.52 Å². The number of fused-ring (bicyclic) bond motifs is 1. The minimum absolute atomic E-state index is 0.326. The summed E-state index contributed by atoms with van der Waals surface area (Å²) in [7, 11) is 0. The molecule has 18 heavy (non-hydrogen) atoms. The highest BCUT2D eigenvalue weighted by Gasteiger charge is 2.00. The highest BCUT2D eigenvalue weighted by atomic mass is 19.1. The molecule has 0 unspecified atom stereocenters. The molecule has 0 saturated carbocycles. The molecule has 0 saturated heterocycles. The Labute approximate surface area is 103 Å². The highest BCUT2D eigenvalue weighted by molar-refractivity contribution is 5.80. The molecule has 3 rings (SSSR count). The summed E-state index contributed by atoms with van der Waals surface area (Å²) in [6.45, 7) is 0. The van der Waals surface area contributed by atoms with Gasteiger partial charge in [-0.2, -0.15) is 0 Å². The summed E-state index contributed by atoms with van der Waals surface area (Å²) in [5.74, 6) is 0.762. The van der Waals surface area contributed by atoms with E-state index in [4.69, 9.17) is 0 Å². The number of hydrogen-bond donors (Lipinski definition) is 1. The van der Waals surface area contributed by atoms with E-state index in [0.717, 1.165) is 10.9 Å². The Balaban J connectivity index is 1.95. The number of pyridine rings is 2. The number of anilines is 2. The van der Waals surface area contributed by atoms with Gasteiger partial charge in [0.2, 0.25) is 0 Å². The maximum absolute atomic E-state index is 13.0. The van der Waals surface area contributed by atoms with Crippen LogP contribution in [0.1, 0.15) is 0 Å². The average Bonchev–Trinajstić information content (AvgIpc) is 2.39. The van der Waals surface area contributed by atoms with Crippen LogP contribution >= 0.6 is 0 Å². The van der Waals surface area contributed by atoms with Crippen LogP contribution in [0.4, 0.5) is 16.0 Å². The average molecular weight is 239 g/mol. The molecule has 4 heteroatoms. The van der Waals surface area contributed by atoms with Gasteiger partial charge in [0.25, 0.3) is 0 Å². The number of halogens is 1. The summed E-state index contributed by atoms with van der Waals surface area (Å²) >= 11 is 0. The van der Waals surface area contributed by atoms with Gasteiger partial charge in [-0.15, -0.1) is 0 Å². The third-order valence-corrected chi connectivity index (χ3v) is 2.58. The van der Waals surface area contributed by atoms with Crippen LogP contribution in [0.5, 0.6) is 0 Å². The third-order valence-electron chi connectivity index (χ3n) is 2.58. The molecule has 2 aromatic heterocycles. The standard InChI is InChI=1S/C14H10FN3/c15-11-7-8-16-14(9-11)18-13-6-5-10-3-1-2-4-12(10)17-13/h1-9H,(H,16,17,18). The van der Waals surface area contributed by atoms with E-state index >= 15 is 0 Å². The van der Waals surface area contributed by atoms with E-state index in [9.17, 15) is 4.39 Å². The minimum Gasteiger partial charge on any atom is -0.325 e. The summed E-state index contributed by atoms with van der Waals surface area (Å²) in [4.78, 5) is 8.45. The number of para-hydroxylation sites is 1. The lowest BCUT2D eigenvalue weighted by Crippen LogP contribution is -1.96. The van der Waals surface area contributed by atoms with Gasteiger partial charge in [0.15, 0.2) is 0 Å². The molecule has 0 radical (unpaired) electrons. The van der Waals surface area contributed by atoms with Gasteiger partial charge >= 0.3 is 0 Å². The molecule has 0 aliphatic heterocycles. The summed E-state index contributed by atoms with van der Waals surface area (Å²) in [5.41, 5.74) is 0.888. The Hall–Kier alpha value is -2.49. The lowest BCUT2D eigenvalue weighted by molar-refractivity contribution is 0.626. The van der Waals surface area contributed by atoms with E-state index in [-0.39, 0.29) is 5.82 Å². The van der Waals surface area contributed by atoms with Crippen molar-refractivity contribution >= 4 is 22.5 Å². The van der Waals surface area contributed by atoms with Crippen molar-refractivity contribution in [2.75, 3.05) is 5.32 Å². The first-order chi connectivity index (χ1) is 8.81. The molecule has 3 aromatic rings. The second kappa shape index (κ2) is 4.41. The van der Waals surface area contributed by atoms with Gasteiger partial charge in [0.1, 0.15) is 17.5 Å². The largest absolute Gasteiger partial charge is 0.325 e. The first-order valence-corrected chi connectivity index (χ1v) is 5.56. The van der Waals surface area contributed by atoms with E-state index in [0.29, 0.717) is 11.6 Å². The monoisotopic (exact) mass is 239 g/mol. The molecule has 0 atom stereocenters. The predicted molar refractivity (Wildman–Crippen MR) is 69.2 cm³/mol. The smallest absolute Gasteiger partial charge is 0.134 e. The van der Waals surface area contributed by atoms with Crippen molar-refractivity contribution in [2.45, 2.75) is 0 Å². The SMILES string of the molecule is Fc1ccnc(Nc2ccc3ccccc3n2)c1. The Bertz CT molecular complexity index is 697. The Morgan fingerprint density at radius 1 is 0.944 bits per heavy atom. The zero-order chi connectivity index (χ0) is 12.4. The molecule has 0 bridgehead atoms. The van der Waals surface area contributed by atoms with Crippen LogP contribution in [0.15, 0.2) is 54.7 Å². The van der Waals surface area contributed by atoms with Gasteiger partial charge in [-0.25, -0.2) is 14.4 Å². The molecular weight excluding hydrogens is 229 g/mol. The zero-order valence-corrected chi connectivity index (χ0v) is 9.47. The normalized spacial score (nSPS) is 10.5. The Morgan fingerprint density at radius 3 is 2.72 bits per heavy atom. The summed E-state index contributed by atoms with van der Waals surface area (Å²) < 4.78 is 13.0. The van der Waals surface area contributed by atoms with Gasteiger partial charge in [-0.3, -0.25) is 0 Å². The second-order valence-corrected chi connectivity index (χ2v) is 3.87. The van der Waals surface area contributed by atoms with Crippen LogP contribution in [-0.2, 0) is 0 Å². The number of hydrogen-bond acceptors (Lipinski definition) is 3. The van der Waals surface area contributed by atoms with Gasteiger partial charge in [-0.1, -0.05) is 18.2 Å². The van der Waals surface area contributed by atoms with Crippen LogP contribution in [-0.4, -0.2) is 9.97 Å². The van der Waals surface area contributed by atoms with Crippen molar-refractivity contribution in [3.05, 3.63) is 60.5 Å². The van der Waals surface area contributed by atoms with Crippen LogP contribution in [0, 0.1) is 5.82 Å². The van der Waals surface area contributed by atoms with Crippen molar-refractivity contribution < 1.29 is 4.39 Å². The lowest BCUT2D eigenvalue weighted by Gasteiger charge is -2.05. The second-order valence-electron chi connectivity index (χ2n) is 3.87. The van der Waals surface area contributed by atoms with Crippen LogP contribution in [0.3, 0.4) is 0 Å². The van der Waals surface area contributed by atoms with Crippen LogP contribution < -0.4 is 5.32 Å². The Kier molecular flexibility index (Phi) is 2.61. The van der Waals surface area contributed by atoms with Gasteiger partial charge < -0.3 is 5.32 Å². The van der Waals surface area contributed by atoms with Crippen molar-refractivity contribution in [3.8, 4) is 0 Å². The van der Waals surface area contributed by atoms with E-state index in [1.165, 1.54) is 18.3 Å². The lowest BCUT2D eigenvalue weighted by atomic mass is 10.2. The summed E-state index contributed by atoms with van der Waals surface area (Å²) in [5, 5.41) is 4.04. The van der Waals surface area contributed by atoms with E-state index in [1.807, 2.05) is 36.4 Å². The molecule has 88 valence electrons. The molecular formula is C14H10FN3. The fourth-order valence-electron chi connectivity index (χ4n) is 1.74. The van der Waals surface area contributed by atoms with E-state index in [2.05, 4.69) is 15.3 Å². The van der Waals surface area contributed by atoms with Gasteiger partial charge in [-0.05, 0) is 24.3 Å². The van der Waals surface area contributed by atoms with Crippen molar-refractivity contribution in [3.63, 3.8) is 0 Å². The minimum atomic E-state index is -0.326. The topological polar surface area (TPSA) is 37.8 Å². The fourth-order valence-corrected chi connectivity index (χ4v) is 1.74. The summed E-state index contributed by atoms with van der Waals surface area (Å²) in [6, 6.07) is 14.3. The molecule has 2 heterocycles. The first kappa shape index (κ1) is 10.7. The molecule has 0 amide bonds. The number of nitrogens with one attached hydrogen (secondary N) is 1. The maximum atomic E-state index is 13.0. The van der Waals surface area contributed by atoms with Crippen LogP contribution in [0.2, 0.25) is 0 Å². The van der Waals surface area contributed by atoms with Gasteiger partial charge in [0, 0.05) is 17.6 Å². The number of rotatable bonds is 2. The van der Waals surface area contributed by atoms with Crippen LogP contribution in [0.25, 0.3) is 10.9 Å². The molecule has 1 aromatic carbocycles. The molecule has 0 aliphatic carbocycles. The number of aromatic nitrogens is 2. The molecule has 0 spiro atoms. The molecule has 3 nitrogen and oxygen atoms in total. The molecule has 0 aliphatic rings. The number of benzene rings is 1. The fraction of sp³-hybridized carbons (Fsp3) is 0. The Morgan fingerprint density at radius 2 is 1.83 bits per heavy atom.